The van der Waals surface area contributed by atoms with E-state index >= 15 is 0 Å². The number of benzene rings is 1. The Morgan fingerprint density at radius 2 is 2.12 bits per heavy atom. The predicted octanol–water partition coefficient (Wildman–Crippen LogP) is 2.67. The second kappa shape index (κ2) is 8.92. The zero-order valence-corrected chi connectivity index (χ0v) is 15.5. The van der Waals surface area contributed by atoms with Crippen molar-refractivity contribution in [2.75, 3.05) is 38.6 Å². The number of rotatable bonds is 6. The summed E-state index contributed by atoms with van der Waals surface area (Å²) in [5.41, 5.74) is 2.26. The second-order valence-electron chi connectivity index (χ2n) is 7.22. The number of carbonyl (C=O) groups excluding carboxylic acids is 1. The highest BCUT2D eigenvalue weighted by molar-refractivity contribution is 5.73. The minimum atomic E-state index is -0.0769. The van der Waals surface area contributed by atoms with Crippen LogP contribution in [0.25, 0.3) is 0 Å². The van der Waals surface area contributed by atoms with E-state index < -0.39 is 0 Å². The van der Waals surface area contributed by atoms with Crippen LogP contribution in [0, 0.1) is 5.92 Å². The van der Waals surface area contributed by atoms with Gasteiger partial charge in [0.2, 0.25) is 0 Å². The molecule has 0 aliphatic carbocycles. The van der Waals surface area contributed by atoms with E-state index in [1.807, 2.05) is 26.2 Å². The fourth-order valence-corrected chi connectivity index (χ4v) is 3.16. The molecule has 24 heavy (non-hydrogen) atoms. The highest BCUT2D eigenvalue weighted by Crippen LogP contribution is 2.17. The van der Waals surface area contributed by atoms with Gasteiger partial charge in [-0.3, -0.25) is 0 Å². The molecule has 1 saturated heterocycles. The van der Waals surface area contributed by atoms with Crippen molar-refractivity contribution in [2.45, 2.75) is 39.3 Å². The standard InChI is InChI=1S/C19H32N4O/c1-15(2)23-10-6-8-17(14-23)13-21-19(24)20-12-16-7-5-9-18(11-16)22(3)4/h5,7,9,11,15,17H,6,8,10,12-14H2,1-4H3,(H2,20,21,24). The lowest BCUT2D eigenvalue weighted by Crippen LogP contribution is -2.45. The summed E-state index contributed by atoms with van der Waals surface area (Å²) in [4.78, 5) is 16.6. The maximum absolute atomic E-state index is 12.0. The van der Waals surface area contributed by atoms with Gasteiger partial charge >= 0.3 is 6.03 Å². The topological polar surface area (TPSA) is 47.6 Å². The Labute approximate surface area is 146 Å². The van der Waals surface area contributed by atoms with Crippen LogP contribution >= 0.6 is 0 Å². The lowest BCUT2D eigenvalue weighted by molar-refractivity contribution is 0.139. The molecule has 2 amide bonds. The van der Waals surface area contributed by atoms with E-state index in [0.29, 0.717) is 18.5 Å². The smallest absolute Gasteiger partial charge is 0.315 e. The Morgan fingerprint density at radius 3 is 2.83 bits per heavy atom. The summed E-state index contributed by atoms with van der Waals surface area (Å²) in [6, 6.07) is 8.73. The minimum Gasteiger partial charge on any atom is -0.378 e. The summed E-state index contributed by atoms with van der Waals surface area (Å²) in [5, 5.41) is 5.99. The molecule has 1 fully saturated rings. The molecule has 1 aliphatic heterocycles. The molecule has 1 aliphatic rings. The van der Waals surface area contributed by atoms with Crippen LogP contribution in [0.15, 0.2) is 24.3 Å². The predicted molar refractivity (Wildman–Crippen MR) is 100 cm³/mol. The molecule has 0 radical (unpaired) electrons. The summed E-state index contributed by atoms with van der Waals surface area (Å²) in [6.07, 6.45) is 2.43. The molecule has 5 heteroatoms. The monoisotopic (exact) mass is 332 g/mol. The Kier molecular flexibility index (Phi) is 6.91. The van der Waals surface area contributed by atoms with Crippen molar-refractivity contribution in [1.82, 2.24) is 15.5 Å². The van der Waals surface area contributed by atoms with Crippen molar-refractivity contribution < 1.29 is 4.79 Å². The Hall–Kier alpha value is -1.75. The maximum Gasteiger partial charge on any atom is 0.315 e. The Balaban J connectivity index is 1.72. The summed E-state index contributed by atoms with van der Waals surface area (Å²) >= 11 is 0. The van der Waals surface area contributed by atoms with E-state index in [1.165, 1.54) is 19.4 Å². The van der Waals surface area contributed by atoms with Gasteiger partial charge in [-0.2, -0.15) is 0 Å². The van der Waals surface area contributed by atoms with E-state index in [-0.39, 0.29) is 6.03 Å². The van der Waals surface area contributed by atoms with E-state index in [9.17, 15) is 4.79 Å². The second-order valence-corrected chi connectivity index (χ2v) is 7.22. The van der Waals surface area contributed by atoms with E-state index in [0.717, 1.165) is 24.3 Å². The molecule has 2 N–H and O–H groups in total. The average molecular weight is 332 g/mol. The first-order valence-corrected chi connectivity index (χ1v) is 8.97. The third kappa shape index (κ3) is 5.71. The Bertz CT molecular complexity index is 530. The largest absolute Gasteiger partial charge is 0.378 e. The summed E-state index contributed by atoms with van der Waals surface area (Å²) in [6.45, 7) is 8.06. The third-order valence-electron chi connectivity index (χ3n) is 4.71. The number of anilines is 1. The van der Waals surface area contributed by atoms with Crippen molar-refractivity contribution in [3.63, 3.8) is 0 Å². The van der Waals surface area contributed by atoms with Crippen LogP contribution in [0.5, 0.6) is 0 Å². The van der Waals surface area contributed by atoms with Gasteiger partial charge in [-0.1, -0.05) is 12.1 Å². The number of nitrogens with one attached hydrogen (secondary N) is 2. The fraction of sp³-hybridized carbons (Fsp3) is 0.632. The molecule has 0 aromatic heterocycles. The summed E-state index contributed by atoms with van der Waals surface area (Å²) < 4.78 is 0. The average Bonchev–Trinajstić information content (AvgIpc) is 2.58. The molecule has 1 aromatic rings. The summed E-state index contributed by atoms with van der Waals surface area (Å²) in [5.74, 6) is 0.559. The lowest BCUT2D eigenvalue weighted by Gasteiger charge is -2.35. The highest BCUT2D eigenvalue weighted by atomic mass is 16.2. The van der Waals surface area contributed by atoms with Crippen molar-refractivity contribution in [3.05, 3.63) is 29.8 Å². The van der Waals surface area contributed by atoms with Crippen LogP contribution in [-0.4, -0.2) is 50.7 Å². The number of nitrogens with zero attached hydrogens (tertiary/aromatic N) is 2. The van der Waals surface area contributed by atoms with Gasteiger partial charge in [0.25, 0.3) is 0 Å². The van der Waals surface area contributed by atoms with Crippen molar-refractivity contribution >= 4 is 11.7 Å². The quantitative estimate of drug-likeness (QED) is 0.842. The van der Waals surface area contributed by atoms with Crippen LogP contribution in [0.1, 0.15) is 32.3 Å². The molecule has 0 saturated carbocycles. The number of amides is 2. The maximum atomic E-state index is 12.0. The van der Waals surface area contributed by atoms with Crippen LogP contribution in [0.3, 0.4) is 0 Å². The van der Waals surface area contributed by atoms with Gasteiger partial charge in [-0.25, -0.2) is 4.79 Å². The number of carbonyl (C=O) groups is 1. The molecular weight excluding hydrogens is 300 g/mol. The molecule has 0 bridgehead atoms. The van der Waals surface area contributed by atoms with Gasteiger partial charge in [0, 0.05) is 45.5 Å². The zero-order valence-electron chi connectivity index (χ0n) is 15.5. The Morgan fingerprint density at radius 1 is 1.33 bits per heavy atom. The van der Waals surface area contributed by atoms with E-state index in [4.69, 9.17) is 0 Å². The molecule has 5 nitrogen and oxygen atoms in total. The van der Waals surface area contributed by atoms with Gasteiger partial charge < -0.3 is 20.4 Å². The SMILES string of the molecule is CC(C)N1CCCC(CNC(=O)NCc2cccc(N(C)C)c2)C1. The van der Waals surface area contributed by atoms with Gasteiger partial charge in [-0.15, -0.1) is 0 Å². The molecule has 2 rings (SSSR count). The minimum absolute atomic E-state index is 0.0769. The highest BCUT2D eigenvalue weighted by Gasteiger charge is 2.21. The lowest BCUT2D eigenvalue weighted by atomic mass is 9.97. The molecule has 134 valence electrons. The third-order valence-corrected chi connectivity index (χ3v) is 4.71. The summed E-state index contributed by atoms with van der Waals surface area (Å²) in [7, 11) is 4.04. The normalized spacial score (nSPS) is 18.5. The van der Waals surface area contributed by atoms with Crippen molar-refractivity contribution in [3.8, 4) is 0 Å². The first kappa shape index (κ1) is 18.6. The number of hydrogen-bond acceptors (Lipinski definition) is 3. The number of piperidine rings is 1. The fourth-order valence-electron chi connectivity index (χ4n) is 3.16. The molecule has 1 unspecified atom stereocenters. The zero-order chi connectivity index (χ0) is 17.5. The molecule has 1 heterocycles. The van der Waals surface area contributed by atoms with Crippen LogP contribution < -0.4 is 15.5 Å². The van der Waals surface area contributed by atoms with Crippen LogP contribution in [-0.2, 0) is 6.54 Å². The molecule has 1 aromatic carbocycles. The number of urea groups is 1. The molecule has 0 spiro atoms. The number of hydrogen-bond donors (Lipinski definition) is 2. The van der Waals surface area contributed by atoms with Crippen LogP contribution in [0.4, 0.5) is 10.5 Å². The first-order valence-electron chi connectivity index (χ1n) is 8.97. The van der Waals surface area contributed by atoms with Gasteiger partial charge in [0.1, 0.15) is 0 Å². The first-order chi connectivity index (χ1) is 11.5. The molecular formula is C19H32N4O. The van der Waals surface area contributed by atoms with E-state index in [2.05, 4.69) is 46.4 Å². The van der Waals surface area contributed by atoms with Gasteiger partial charge in [0.05, 0.1) is 0 Å². The molecule has 1 atom stereocenters. The van der Waals surface area contributed by atoms with Crippen molar-refractivity contribution in [2.24, 2.45) is 5.92 Å². The van der Waals surface area contributed by atoms with Gasteiger partial charge in [0.15, 0.2) is 0 Å². The van der Waals surface area contributed by atoms with Crippen LogP contribution in [0.2, 0.25) is 0 Å². The van der Waals surface area contributed by atoms with Gasteiger partial charge in [-0.05, 0) is 56.8 Å². The number of likely N-dealkylation sites (tertiary alicyclic amines) is 1. The van der Waals surface area contributed by atoms with E-state index in [1.54, 1.807) is 0 Å². The van der Waals surface area contributed by atoms with Crippen molar-refractivity contribution in [1.29, 1.82) is 0 Å².